The third kappa shape index (κ3) is 3.82. The van der Waals surface area contributed by atoms with Crippen molar-refractivity contribution in [3.8, 4) is 0 Å². The molecule has 0 aliphatic carbocycles. The molecule has 1 aromatic heterocycles. The van der Waals surface area contributed by atoms with Crippen LogP contribution in [0.2, 0.25) is 0 Å². The highest BCUT2D eigenvalue weighted by Crippen LogP contribution is 2.28. The molecule has 2 rings (SSSR count). The lowest BCUT2D eigenvalue weighted by Gasteiger charge is -2.19. The van der Waals surface area contributed by atoms with Crippen molar-refractivity contribution in [2.75, 3.05) is 13.2 Å². The number of ether oxygens (including phenoxy) is 1. The van der Waals surface area contributed by atoms with Gasteiger partial charge in [0.05, 0.1) is 6.20 Å². The van der Waals surface area contributed by atoms with E-state index in [-0.39, 0.29) is 11.6 Å². The predicted octanol–water partition coefficient (Wildman–Crippen LogP) is 2.46. The van der Waals surface area contributed by atoms with Crippen LogP contribution in [0.1, 0.15) is 51.4 Å². The molecule has 0 radical (unpaired) electrons. The Morgan fingerprint density at radius 1 is 1.47 bits per heavy atom. The molecule has 4 nitrogen and oxygen atoms in total. The van der Waals surface area contributed by atoms with Gasteiger partial charge in [0.2, 0.25) is 0 Å². The predicted molar refractivity (Wildman–Crippen MR) is 65.9 cm³/mol. The lowest BCUT2D eigenvalue weighted by atomic mass is 10.1. The van der Waals surface area contributed by atoms with E-state index in [4.69, 9.17) is 9.15 Å². The van der Waals surface area contributed by atoms with Crippen LogP contribution in [0.4, 0.5) is 0 Å². The van der Waals surface area contributed by atoms with Crippen LogP contribution in [0.15, 0.2) is 10.6 Å². The van der Waals surface area contributed by atoms with Gasteiger partial charge in [-0.05, 0) is 33.6 Å². The Hall–Kier alpha value is -0.870. The first-order valence-corrected chi connectivity index (χ1v) is 6.36. The standard InChI is InChI=1S/C13H22N2O2/c1-13(2,3)15-7-6-12-14-9-11(17-12)10-5-4-8-16-10/h9-10,15H,4-8H2,1-3H3. The summed E-state index contributed by atoms with van der Waals surface area (Å²) in [5, 5.41) is 3.42. The van der Waals surface area contributed by atoms with Crippen LogP contribution < -0.4 is 5.32 Å². The second kappa shape index (κ2) is 5.19. The zero-order valence-corrected chi connectivity index (χ0v) is 11.0. The summed E-state index contributed by atoms with van der Waals surface area (Å²) in [6, 6.07) is 0. The van der Waals surface area contributed by atoms with E-state index in [1.807, 2.05) is 6.20 Å². The Morgan fingerprint density at radius 3 is 2.94 bits per heavy atom. The lowest BCUT2D eigenvalue weighted by molar-refractivity contribution is 0.0924. The van der Waals surface area contributed by atoms with E-state index < -0.39 is 0 Å². The SMILES string of the molecule is CC(C)(C)NCCc1ncc(C2CCCO2)o1. The van der Waals surface area contributed by atoms with Crippen LogP contribution in [-0.4, -0.2) is 23.7 Å². The first kappa shape index (κ1) is 12.6. The van der Waals surface area contributed by atoms with Gasteiger partial charge < -0.3 is 14.5 Å². The number of nitrogens with zero attached hydrogens (tertiary/aromatic N) is 1. The fraction of sp³-hybridized carbons (Fsp3) is 0.769. The van der Waals surface area contributed by atoms with Crippen molar-refractivity contribution in [3.63, 3.8) is 0 Å². The molecular formula is C13H22N2O2. The second-order valence-corrected chi connectivity index (χ2v) is 5.58. The van der Waals surface area contributed by atoms with Crippen molar-refractivity contribution in [3.05, 3.63) is 17.8 Å². The van der Waals surface area contributed by atoms with E-state index in [2.05, 4.69) is 31.1 Å². The smallest absolute Gasteiger partial charge is 0.195 e. The van der Waals surface area contributed by atoms with Crippen molar-refractivity contribution < 1.29 is 9.15 Å². The minimum absolute atomic E-state index is 0.131. The topological polar surface area (TPSA) is 47.3 Å². The van der Waals surface area contributed by atoms with Gasteiger partial charge in [-0.3, -0.25) is 0 Å². The van der Waals surface area contributed by atoms with E-state index in [0.717, 1.165) is 44.1 Å². The van der Waals surface area contributed by atoms with Crippen LogP contribution in [0, 0.1) is 0 Å². The Morgan fingerprint density at radius 2 is 2.29 bits per heavy atom. The van der Waals surface area contributed by atoms with Gasteiger partial charge in [0.1, 0.15) is 6.10 Å². The number of oxazole rings is 1. The minimum atomic E-state index is 0.131. The van der Waals surface area contributed by atoms with Crippen molar-refractivity contribution >= 4 is 0 Å². The van der Waals surface area contributed by atoms with Crippen LogP contribution in [0.25, 0.3) is 0 Å². The third-order valence-electron chi connectivity index (χ3n) is 2.81. The summed E-state index contributed by atoms with van der Waals surface area (Å²) in [5.74, 6) is 1.68. The summed E-state index contributed by atoms with van der Waals surface area (Å²) in [6.45, 7) is 8.18. The fourth-order valence-electron chi connectivity index (χ4n) is 1.94. The molecule has 1 aliphatic heterocycles. The Kier molecular flexibility index (Phi) is 3.84. The van der Waals surface area contributed by atoms with Crippen molar-refractivity contribution in [2.24, 2.45) is 0 Å². The van der Waals surface area contributed by atoms with Crippen LogP contribution in [0.3, 0.4) is 0 Å². The highest BCUT2D eigenvalue weighted by Gasteiger charge is 2.21. The molecular weight excluding hydrogens is 216 g/mol. The van der Waals surface area contributed by atoms with Crippen LogP contribution >= 0.6 is 0 Å². The van der Waals surface area contributed by atoms with Gasteiger partial charge >= 0.3 is 0 Å². The monoisotopic (exact) mass is 238 g/mol. The molecule has 1 aliphatic rings. The average molecular weight is 238 g/mol. The molecule has 0 saturated carbocycles. The molecule has 1 atom stereocenters. The maximum absolute atomic E-state index is 5.71. The zero-order valence-electron chi connectivity index (χ0n) is 11.0. The molecule has 1 N–H and O–H groups in total. The molecule has 0 aromatic carbocycles. The summed E-state index contributed by atoms with van der Waals surface area (Å²) >= 11 is 0. The largest absolute Gasteiger partial charge is 0.443 e. The van der Waals surface area contributed by atoms with E-state index in [9.17, 15) is 0 Å². The molecule has 1 saturated heterocycles. The summed E-state index contributed by atoms with van der Waals surface area (Å²) in [7, 11) is 0. The van der Waals surface area contributed by atoms with Gasteiger partial charge in [-0.25, -0.2) is 4.98 Å². The summed E-state index contributed by atoms with van der Waals surface area (Å²) < 4.78 is 11.3. The maximum Gasteiger partial charge on any atom is 0.195 e. The molecule has 0 amide bonds. The Bertz CT molecular complexity index is 349. The van der Waals surface area contributed by atoms with Gasteiger partial charge in [0.15, 0.2) is 11.7 Å². The highest BCUT2D eigenvalue weighted by molar-refractivity contribution is 5.00. The van der Waals surface area contributed by atoms with Gasteiger partial charge in [0, 0.05) is 25.1 Å². The second-order valence-electron chi connectivity index (χ2n) is 5.58. The van der Waals surface area contributed by atoms with Crippen molar-refractivity contribution in [1.29, 1.82) is 0 Å². The van der Waals surface area contributed by atoms with E-state index >= 15 is 0 Å². The number of hydrogen-bond donors (Lipinski definition) is 1. The van der Waals surface area contributed by atoms with Crippen molar-refractivity contribution in [2.45, 2.75) is 51.7 Å². The highest BCUT2D eigenvalue weighted by atomic mass is 16.5. The van der Waals surface area contributed by atoms with Gasteiger partial charge in [-0.2, -0.15) is 0 Å². The Balaban J connectivity index is 1.81. The quantitative estimate of drug-likeness (QED) is 0.875. The number of nitrogens with one attached hydrogen (secondary N) is 1. The van der Waals surface area contributed by atoms with E-state index in [1.54, 1.807) is 0 Å². The summed E-state index contributed by atoms with van der Waals surface area (Å²) in [4.78, 5) is 4.29. The molecule has 1 aromatic rings. The molecule has 1 fully saturated rings. The normalized spacial score (nSPS) is 21.0. The van der Waals surface area contributed by atoms with E-state index in [0.29, 0.717) is 0 Å². The maximum atomic E-state index is 5.71. The van der Waals surface area contributed by atoms with Crippen LogP contribution in [-0.2, 0) is 11.2 Å². The number of rotatable bonds is 4. The number of aromatic nitrogens is 1. The lowest BCUT2D eigenvalue weighted by Crippen LogP contribution is -2.37. The number of hydrogen-bond acceptors (Lipinski definition) is 4. The molecule has 1 unspecified atom stereocenters. The van der Waals surface area contributed by atoms with Crippen molar-refractivity contribution in [1.82, 2.24) is 10.3 Å². The average Bonchev–Trinajstić information content (AvgIpc) is 2.83. The summed E-state index contributed by atoms with van der Waals surface area (Å²) in [6.07, 6.45) is 4.93. The Labute approximate surface area is 103 Å². The fourth-order valence-corrected chi connectivity index (χ4v) is 1.94. The van der Waals surface area contributed by atoms with E-state index in [1.165, 1.54) is 0 Å². The summed E-state index contributed by atoms with van der Waals surface area (Å²) in [5.41, 5.74) is 0.143. The molecule has 96 valence electrons. The first-order valence-electron chi connectivity index (χ1n) is 6.36. The van der Waals surface area contributed by atoms with Gasteiger partial charge in [-0.1, -0.05) is 0 Å². The molecule has 17 heavy (non-hydrogen) atoms. The zero-order chi connectivity index (χ0) is 12.3. The third-order valence-corrected chi connectivity index (χ3v) is 2.81. The first-order chi connectivity index (χ1) is 8.04. The van der Waals surface area contributed by atoms with Gasteiger partial charge in [0.25, 0.3) is 0 Å². The molecule has 0 spiro atoms. The molecule has 0 bridgehead atoms. The molecule has 2 heterocycles. The minimum Gasteiger partial charge on any atom is -0.443 e. The van der Waals surface area contributed by atoms with Gasteiger partial charge in [-0.15, -0.1) is 0 Å². The van der Waals surface area contributed by atoms with Crippen LogP contribution in [0.5, 0.6) is 0 Å². The molecule has 4 heteroatoms.